The molecule has 0 aliphatic carbocycles. The summed E-state index contributed by atoms with van der Waals surface area (Å²) in [5.41, 5.74) is 1.11. The number of fused-ring (bicyclic) bond motifs is 1. The molecule has 1 atom stereocenters. The molecule has 2 rings (SSSR count). The quantitative estimate of drug-likeness (QED) is 0.589. The second-order valence-corrected chi connectivity index (χ2v) is 7.98. The summed E-state index contributed by atoms with van der Waals surface area (Å²) in [6, 6.07) is 6.21. The van der Waals surface area contributed by atoms with Gasteiger partial charge in [0.05, 0.1) is 12.3 Å². The zero-order valence-electron chi connectivity index (χ0n) is 12.5. The van der Waals surface area contributed by atoms with E-state index in [9.17, 15) is 5.14 Å². The Morgan fingerprint density at radius 3 is 2.75 bits per heavy atom. The van der Waals surface area contributed by atoms with Gasteiger partial charge in [0.2, 0.25) is 0 Å². The first-order chi connectivity index (χ1) is 9.47. The van der Waals surface area contributed by atoms with Crippen molar-refractivity contribution in [2.45, 2.75) is 55.7 Å². The van der Waals surface area contributed by atoms with Crippen molar-refractivity contribution in [2.75, 3.05) is 11.5 Å². The number of hydrogen-bond donors (Lipinski definition) is 0. The minimum Gasteiger partial charge on any atom is -0.494 e. The number of ether oxygens (including phenoxy) is 1. The van der Waals surface area contributed by atoms with Crippen LogP contribution in [0, 0.1) is 0 Å². The van der Waals surface area contributed by atoms with Crippen molar-refractivity contribution in [3.05, 3.63) is 18.2 Å². The van der Waals surface area contributed by atoms with E-state index >= 15 is 0 Å². The normalized spacial score (nSPS) is 18.2. The zero-order chi connectivity index (χ0) is 14.8. The van der Waals surface area contributed by atoms with Gasteiger partial charge < -0.3 is 9.64 Å². The predicted molar refractivity (Wildman–Crippen MR) is 88.4 cm³/mol. The summed E-state index contributed by atoms with van der Waals surface area (Å²) in [4.78, 5) is 3.46. The van der Waals surface area contributed by atoms with Gasteiger partial charge in [-0.1, -0.05) is 30.2 Å². The van der Waals surface area contributed by atoms with Crippen LogP contribution < -0.4 is 14.8 Å². The number of nitrogens with zero attached hydrogens (tertiary/aromatic N) is 2. The number of anilines is 1. The standard InChI is InChI=1S/C15H22N2OS2/c1-5-6-9-18-11-7-8-13-12(10-11)17(15(2,3)4)14(19-13)20-16/h7-8,10,14H,5-6,9H2,1-4H3. The molecule has 1 unspecified atom stereocenters. The lowest BCUT2D eigenvalue weighted by Crippen LogP contribution is -2.43. The van der Waals surface area contributed by atoms with Gasteiger partial charge in [-0.3, -0.25) is 0 Å². The molecule has 0 amide bonds. The maximum atomic E-state index is 9.54. The van der Waals surface area contributed by atoms with Gasteiger partial charge in [0.25, 0.3) is 0 Å². The third-order valence-electron chi connectivity index (χ3n) is 3.21. The van der Waals surface area contributed by atoms with Crippen LogP contribution in [-0.4, -0.2) is 16.9 Å². The summed E-state index contributed by atoms with van der Waals surface area (Å²) in [7, 11) is 0. The van der Waals surface area contributed by atoms with Gasteiger partial charge >= 0.3 is 0 Å². The van der Waals surface area contributed by atoms with E-state index in [2.05, 4.69) is 44.7 Å². The fourth-order valence-electron chi connectivity index (χ4n) is 2.23. The van der Waals surface area contributed by atoms with E-state index in [0.717, 1.165) is 42.8 Å². The maximum absolute atomic E-state index is 9.54. The first-order valence-electron chi connectivity index (χ1n) is 7.00. The number of benzene rings is 1. The number of thioether (sulfide) groups is 1. The lowest BCUT2D eigenvalue weighted by atomic mass is 10.1. The van der Waals surface area contributed by atoms with Crippen LogP contribution in [0.1, 0.15) is 40.5 Å². The van der Waals surface area contributed by atoms with Crippen molar-refractivity contribution >= 4 is 29.4 Å². The third kappa shape index (κ3) is 3.38. The average molecular weight is 310 g/mol. The molecule has 1 aliphatic heterocycles. The molecule has 0 spiro atoms. The topological polar surface area (TPSA) is 34.8 Å². The second kappa shape index (κ2) is 6.50. The summed E-state index contributed by atoms with van der Waals surface area (Å²) < 4.78 is 5.81. The molecule has 1 aliphatic rings. The monoisotopic (exact) mass is 310 g/mol. The molecule has 20 heavy (non-hydrogen) atoms. The van der Waals surface area contributed by atoms with Gasteiger partial charge in [-0.25, -0.2) is 0 Å². The molecule has 1 aromatic rings. The predicted octanol–water partition coefficient (Wildman–Crippen LogP) is 4.58. The maximum Gasteiger partial charge on any atom is 0.144 e. The van der Waals surface area contributed by atoms with E-state index in [4.69, 9.17) is 4.74 Å². The van der Waals surface area contributed by atoms with Crippen molar-refractivity contribution in [1.82, 2.24) is 5.14 Å². The molecule has 0 aromatic heterocycles. The molecule has 0 bridgehead atoms. The van der Waals surface area contributed by atoms with Crippen molar-refractivity contribution in [3.8, 4) is 5.75 Å². The number of rotatable bonds is 5. The fourth-order valence-corrected chi connectivity index (χ4v) is 4.41. The van der Waals surface area contributed by atoms with E-state index in [0.29, 0.717) is 0 Å². The Balaban J connectivity index is 2.24. The molecular formula is C15H22N2OS2. The van der Waals surface area contributed by atoms with Gasteiger partial charge in [0.15, 0.2) is 0 Å². The molecule has 110 valence electrons. The summed E-state index contributed by atoms with van der Waals surface area (Å²) in [6.07, 6.45) is 2.21. The molecule has 0 saturated carbocycles. The first kappa shape index (κ1) is 15.9. The van der Waals surface area contributed by atoms with Crippen LogP contribution in [0.4, 0.5) is 5.69 Å². The lowest BCUT2D eigenvalue weighted by Gasteiger charge is -2.37. The van der Waals surface area contributed by atoms with Crippen LogP contribution in [0.2, 0.25) is 0 Å². The van der Waals surface area contributed by atoms with E-state index < -0.39 is 0 Å². The van der Waals surface area contributed by atoms with Gasteiger partial charge in [-0.2, -0.15) is 0 Å². The lowest BCUT2D eigenvalue weighted by molar-refractivity contribution is 0.309. The first-order valence-corrected chi connectivity index (χ1v) is 8.72. The Labute approximate surface area is 130 Å². The highest BCUT2D eigenvalue weighted by molar-refractivity contribution is 8.16. The van der Waals surface area contributed by atoms with Crippen molar-refractivity contribution in [3.63, 3.8) is 0 Å². The Bertz CT molecular complexity index is 460. The molecule has 2 radical (unpaired) electrons. The van der Waals surface area contributed by atoms with E-state index in [1.54, 1.807) is 11.8 Å². The SMILES string of the molecule is CCCCOc1ccc2c(c1)N(C(C)(C)C)C(S[N])S2. The molecule has 3 nitrogen and oxygen atoms in total. The van der Waals surface area contributed by atoms with E-state index in [1.807, 2.05) is 6.07 Å². The minimum absolute atomic E-state index is 0.0101. The van der Waals surface area contributed by atoms with E-state index in [-0.39, 0.29) is 10.2 Å². The number of unbranched alkanes of at least 4 members (excludes halogenated alkanes) is 1. The van der Waals surface area contributed by atoms with Crippen LogP contribution in [0.3, 0.4) is 0 Å². The summed E-state index contributed by atoms with van der Waals surface area (Å²) in [6.45, 7) is 9.41. The molecule has 5 heteroatoms. The van der Waals surface area contributed by atoms with Gasteiger partial charge in [-0.15, -0.1) is 0 Å². The smallest absolute Gasteiger partial charge is 0.144 e. The van der Waals surface area contributed by atoms with Gasteiger partial charge in [0.1, 0.15) is 10.5 Å². The van der Waals surface area contributed by atoms with Crippen molar-refractivity contribution < 1.29 is 4.74 Å². The highest BCUT2D eigenvalue weighted by atomic mass is 32.2. The molecule has 1 heterocycles. The van der Waals surface area contributed by atoms with Crippen LogP contribution in [-0.2, 0) is 0 Å². The molecule has 1 aromatic carbocycles. The average Bonchev–Trinajstić information content (AvgIpc) is 2.76. The number of hydrogen-bond acceptors (Lipinski definition) is 4. The summed E-state index contributed by atoms with van der Waals surface area (Å²) in [5.74, 6) is 0.913. The highest BCUT2D eigenvalue weighted by Gasteiger charge is 2.37. The Hall–Kier alpha value is -0.520. The van der Waals surface area contributed by atoms with Crippen LogP contribution in [0.5, 0.6) is 5.75 Å². The minimum atomic E-state index is -0.0410. The molecule has 0 N–H and O–H groups in total. The Morgan fingerprint density at radius 2 is 2.15 bits per heavy atom. The Morgan fingerprint density at radius 1 is 1.40 bits per heavy atom. The summed E-state index contributed by atoms with van der Waals surface area (Å²) in [5, 5.41) is 9.54. The van der Waals surface area contributed by atoms with Crippen molar-refractivity contribution in [2.24, 2.45) is 0 Å². The highest BCUT2D eigenvalue weighted by Crippen LogP contribution is 2.50. The van der Waals surface area contributed by atoms with Gasteiger partial charge in [0, 0.05) is 16.5 Å². The van der Waals surface area contributed by atoms with Crippen LogP contribution >= 0.6 is 23.7 Å². The van der Waals surface area contributed by atoms with Crippen LogP contribution in [0.25, 0.3) is 0 Å². The second-order valence-electron chi connectivity index (χ2n) is 5.90. The third-order valence-corrected chi connectivity index (χ3v) is 5.16. The summed E-state index contributed by atoms with van der Waals surface area (Å²) >= 11 is 2.59. The van der Waals surface area contributed by atoms with Crippen molar-refractivity contribution in [1.29, 1.82) is 0 Å². The fraction of sp³-hybridized carbons (Fsp3) is 0.600. The van der Waals surface area contributed by atoms with Crippen LogP contribution in [0.15, 0.2) is 23.1 Å². The Kier molecular flexibility index (Phi) is 5.15. The molecular weight excluding hydrogens is 288 g/mol. The molecule has 0 fully saturated rings. The molecule has 0 saturated heterocycles. The van der Waals surface area contributed by atoms with Gasteiger partial charge in [-0.05, 0) is 51.3 Å². The van der Waals surface area contributed by atoms with E-state index in [1.165, 1.54) is 4.90 Å². The largest absolute Gasteiger partial charge is 0.494 e. The zero-order valence-corrected chi connectivity index (χ0v) is 14.2.